The van der Waals surface area contributed by atoms with Gasteiger partial charge >= 0.3 is 8.80 Å². The maximum Gasteiger partial charge on any atom is 0.537 e. The van der Waals surface area contributed by atoms with Crippen LogP contribution in [0.3, 0.4) is 0 Å². The molecule has 2 N–H and O–H groups in total. The van der Waals surface area contributed by atoms with Gasteiger partial charge in [-0.2, -0.15) is 0 Å². The van der Waals surface area contributed by atoms with Crippen molar-refractivity contribution in [3.8, 4) is 0 Å². The van der Waals surface area contributed by atoms with Crippen molar-refractivity contribution in [1.29, 1.82) is 0 Å². The van der Waals surface area contributed by atoms with Gasteiger partial charge in [-0.3, -0.25) is 0 Å². The van der Waals surface area contributed by atoms with E-state index in [9.17, 15) is 0 Å². The van der Waals surface area contributed by atoms with Crippen LogP contribution in [-0.2, 0) is 26.2 Å². The molecule has 1 aromatic carbocycles. The maximum absolute atomic E-state index is 5.93. The van der Waals surface area contributed by atoms with E-state index in [0.717, 1.165) is 16.3 Å². The smallest absolute Gasteiger partial charge is 0.370 e. The van der Waals surface area contributed by atoms with Gasteiger partial charge in [0.2, 0.25) is 0 Å². The molecular formula is C15H26NO3Si. The van der Waals surface area contributed by atoms with Crippen molar-refractivity contribution in [2.75, 3.05) is 19.8 Å². The molecule has 4 nitrogen and oxygen atoms in total. The minimum absolute atomic E-state index is 0.482. The van der Waals surface area contributed by atoms with E-state index in [1.165, 1.54) is 0 Å². The second-order valence-corrected chi connectivity index (χ2v) is 6.90. The van der Waals surface area contributed by atoms with E-state index in [1.54, 1.807) is 0 Å². The van der Waals surface area contributed by atoms with Gasteiger partial charge in [0.25, 0.3) is 0 Å². The average Bonchev–Trinajstić information content (AvgIpc) is 2.47. The van der Waals surface area contributed by atoms with E-state index in [-0.39, 0.29) is 0 Å². The van der Waals surface area contributed by atoms with E-state index in [1.807, 2.05) is 26.8 Å². The van der Waals surface area contributed by atoms with Gasteiger partial charge in [-0.15, -0.1) is 0 Å². The fraction of sp³-hybridized carbons (Fsp3) is 0.533. The molecule has 0 saturated carbocycles. The van der Waals surface area contributed by atoms with Gasteiger partial charge < -0.3 is 19.0 Å². The summed E-state index contributed by atoms with van der Waals surface area (Å²) in [4.78, 5) is 0. The first-order valence-electron chi connectivity index (χ1n) is 7.20. The lowest BCUT2D eigenvalue weighted by atomic mass is 10.1. The molecule has 20 heavy (non-hydrogen) atoms. The Bertz CT molecular complexity index is 373. The van der Waals surface area contributed by atoms with Crippen LogP contribution in [0.15, 0.2) is 18.2 Å². The zero-order valence-electron chi connectivity index (χ0n) is 12.8. The molecule has 113 valence electrons. The van der Waals surface area contributed by atoms with Crippen molar-refractivity contribution in [3.63, 3.8) is 0 Å². The van der Waals surface area contributed by atoms with Crippen LogP contribution in [0.1, 0.15) is 31.9 Å². The predicted molar refractivity (Wildman–Crippen MR) is 83.7 cm³/mol. The molecule has 1 aromatic rings. The van der Waals surface area contributed by atoms with Crippen molar-refractivity contribution in [2.45, 2.75) is 33.7 Å². The third kappa shape index (κ3) is 4.13. The molecule has 0 unspecified atom stereocenters. The second kappa shape index (κ2) is 8.54. The van der Waals surface area contributed by atoms with Crippen molar-refractivity contribution < 1.29 is 13.3 Å². The first-order chi connectivity index (χ1) is 9.65. The minimum Gasteiger partial charge on any atom is -0.370 e. The molecule has 0 aliphatic heterocycles. The largest absolute Gasteiger partial charge is 0.537 e. The van der Waals surface area contributed by atoms with Gasteiger partial charge in [-0.05, 0) is 45.2 Å². The van der Waals surface area contributed by atoms with Gasteiger partial charge in [0.1, 0.15) is 0 Å². The normalized spacial score (nSPS) is 11.8. The number of nitrogens with two attached hydrogens (primary N) is 1. The van der Waals surface area contributed by atoms with Crippen molar-refractivity contribution in [3.05, 3.63) is 36.2 Å². The summed E-state index contributed by atoms with van der Waals surface area (Å²) < 4.78 is 17.8. The summed E-state index contributed by atoms with van der Waals surface area (Å²) in [5.74, 6) is 0. The van der Waals surface area contributed by atoms with E-state index in [4.69, 9.17) is 19.0 Å². The van der Waals surface area contributed by atoms with Gasteiger partial charge in [-0.1, -0.05) is 18.2 Å². The van der Waals surface area contributed by atoms with Gasteiger partial charge in [0, 0.05) is 31.6 Å². The van der Waals surface area contributed by atoms with Crippen LogP contribution in [0.25, 0.3) is 0 Å². The van der Waals surface area contributed by atoms with Crippen LogP contribution in [0, 0.1) is 6.92 Å². The molecule has 0 aromatic heterocycles. The monoisotopic (exact) mass is 296 g/mol. The van der Waals surface area contributed by atoms with Crippen LogP contribution < -0.4 is 10.9 Å². The first kappa shape index (κ1) is 17.3. The number of hydrogen-bond donors (Lipinski definition) is 1. The summed E-state index contributed by atoms with van der Waals surface area (Å²) in [5, 5.41) is 0.977. The fourth-order valence-electron chi connectivity index (χ4n) is 2.15. The van der Waals surface area contributed by atoms with Gasteiger partial charge in [0.05, 0.1) is 0 Å². The van der Waals surface area contributed by atoms with Crippen LogP contribution in [0.5, 0.6) is 0 Å². The zero-order chi connectivity index (χ0) is 15.0. The molecule has 0 aliphatic carbocycles. The highest BCUT2D eigenvalue weighted by atomic mass is 28.4. The Kier molecular flexibility index (Phi) is 7.40. The molecule has 0 aliphatic rings. The lowest BCUT2D eigenvalue weighted by Crippen LogP contribution is -2.57. The Labute approximate surface area is 123 Å². The highest BCUT2D eigenvalue weighted by Gasteiger charge is 2.43. The van der Waals surface area contributed by atoms with Crippen molar-refractivity contribution in [1.82, 2.24) is 0 Å². The highest BCUT2D eigenvalue weighted by molar-refractivity contribution is 6.75. The van der Waals surface area contributed by atoms with Crippen molar-refractivity contribution >= 4 is 14.0 Å². The molecule has 5 heteroatoms. The summed E-state index contributed by atoms with van der Waals surface area (Å²) >= 11 is 0. The van der Waals surface area contributed by atoms with E-state index in [2.05, 4.69) is 19.1 Å². The molecule has 0 fully saturated rings. The summed E-state index contributed by atoms with van der Waals surface area (Å²) in [7, 11) is -2.85. The summed E-state index contributed by atoms with van der Waals surface area (Å²) in [6.07, 6.45) is 0.704. The van der Waals surface area contributed by atoms with Crippen molar-refractivity contribution in [2.24, 2.45) is 5.73 Å². The Morgan fingerprint density at radius 2 is 1.45 bits per heavy atom. The molecule has 1 radical (unpaired) electrons. The van der Waals surface area contributed by atoms with Crippen LogP contribution in [0.2, 0.25) is 0 Å². The number of hydrogen-bond acceptors (Lipinski definition) is 4. The minimum atomic E-state index is -2.85. The Hall–Kier alpha value is -0.723. The van der Waals surface area contributed by atoms with Crippen LogP contribution in [0.4, 0.5) is 0 Å². The topological polar surface area (TPSA) is 53.7 Å². The molecule has 0 atom stereocenters. The standard InChI is InChI=1S/C15H26NO3Si/c1-5-13-9-14(12-16)11-15(10-13)20(17-6-2,18-7-3)19-8-4/h9-11H,1,5-8,12,16H2,2-4H3. The summed E-state index contributed by atoms with van der Waals surface area (Å²) in [6.45, 7) is 11.9. The molecule has 0 heterocycles. The fourth-order valence-corrected chi connectivity index (χ4v) is 4.76. The summed E-state index contributed by atoms with van der Waals surface area (Å²) in [6, 6.07) is 6.17. The Morgan fingerprint density at radius 3 is 1.85 bits per heavy atom. The Balaban J connectivity index is 3.29. The second-order valence-electron chi connectivity index (χ2n) is 4.35. The third-order valence-corrected chi connectivity index (χ3v) is 5.94. The molecule has 1 rings (SSSR count). The van der Waals surface area contributed by atoms with Crippen LogP contribution >= 0.6 is 0 Å². The summed E-state index contributed by atoms with van der Waals surface area (Å²) in [5.41, 5.74) is 7.96. The highest BCUT2D eigenvalue weighted by Crippen LogP contribution is 2.14. The molecule has 0 saturated heterocycles. The number of benzene rings is 1. The van der Waals surface area contributed by atoms with E-state index in [0.29, 0.717) is 32.8 Å². The SMILES string of the molecule is [CH2]Cc1cc(CN)cc([Si](OCC)(OCC)OCC)c1. The molecular weight excluding hydrogens is 270 g/mol. The van der Waals surface area contributed by atoms with Gasteiger partial charge in [0.15, 0.2) is 0 Å². The number of rotatable bonds is 9. The first-order valence-corrected chi connectivity index (χ1v) is 8.92. The lowest BCUT2D eigenvalue weighted by Gasteiger charge is -2.29. The van der Waals surface area contributed by atoms with Crippen LogP contribution in [-0.4, -0.2) is 28.6 Å². The lowest BCUT2D eigenvalue weighted by molar-refractivity contribution is 0.0859. The molecule has 0 bridgehead atoms. The zero-order valence-corrected chi connectivity index (χ0v) is 13.8. The van der Waals surface area contributed by atoms with E-state index >= 15 is 0 Å². The quantitative estimate of drug-likeness (QED) is 0.706. The maximum atomic E-state index is 5.93. The third-order valence-electron chi connectivity index (χ3n) is 2.93. The Morgan fingerprint density at radius 1 is 0.950 bits per heavy atom. The van der Waals surface area contributed by atoms with E-state index < -0.39 is 8.80 Å². The molecule has 0 spiro atoms. The average molecular weight is 296 g/mol. The van der Waals surface area contributed by atoms with Gasteiger partial charge in [-0.25, -0.2) is 0 Å². The predicted octanol–water partition coefficient (Wildman–Crippen LogP) is 1.78. The molecule has 0 amide bonds.